The van der Waals surface area contributed by atoms with E-state index in [1.165, 1.54) is 6.07 Å². The Morgan fingerprint density at radius 1 is 1.29 bits per heavy atom. The van der Waals surface area contributed by atoms with Gasteiger partial charge in [0.05, 0.1) is 9.40 Å². The van der Waals surface area contributed by atoms with Crippen LogP contribution in [0.2, 0.25) is 0 Å². The van der Waals surface area contributed by atoms with E-state index in [2.05, 4.69) is 53.7 Å². The zero-order valence-corrected chi connectivity index (χ0v) is 14.8. The van der Waals surface area contributed by atoms with E-state index in [9.17, 15) is 10.1 Å². The van der Waals surface area contributed by atoms with Crippen molar-refractivity contribution in [3.63, 3.8) is 0 Å². The first-order chi connectivity index (χ1) is 9.81. The van der Waals surface area contributed by atoms with Crippen LogP contribution in [0.25, 0.3) is 0 Å². The quantitative estimate of drug-likeness (QED) is 0.528. The van der Waals surface area contributed by atoms with Crippen LogP contribution in [0, 0.1) is 16.0 Å². The molecule has 0 radical (unpaired) electrons. The Kier molecular flexibility index (Phi) is 7.28. The highest BCUT2D eigenvalue weighted by atomic mass is 79.9. The number of hydrogen-bond donors (Lipinski definition) is 0. The summed E-state index contributed by atoms with van der Waals surface area (Å²) in [6, 6.07) is 5.22. The van der Waals surface area contributed by atoms with Gasteiger partial charge in [-0.3, -0.25) is 15.0 Å². The molecular weight excluding hydrogens is 334 g/mol. The molecule has 0 N–H and O–H groups in total. The minimum absolute atomic E-state index is 0.129. The molecule has 0 unspecified atom stereocenters. The Morgan fingerprint density at radius 2 is 1.95 bits per heavy atom. The minimum atomic E-state index is -0.347. The van der Waals surface area contributed by atoms with Gasteiger partial charge in [-0.05, 0) is 41.5 Å². The molecule has 0 aliphatic rings. The Morgan fingerprint density at radius 3 is 2.48 bits per heavy atom. The predicted octanol–water partition coefficient (Wildman–Crippen LogP) is 3.38. The molecule has 0 amide bonds. The third-order valence-corrected chi connectivity index (χ3v) is 4.05. The maximum absolute atomic E-state index is 11.0. The van der Waals surface area contributed by atoms with Gasteiger partial charge in [-0.25, -0.2) is 0 Å². The number of hydrogen-bond acceptors (Lipinski definition) is 4. The molecule has 1 aromatic carbocycles. The SMILES string of the molecule is CC(C)CN(CCN(C)C)Cc1cccc([N+](=O)[O-])c1Br. The average molecular weight is 358 g/mol. The smallest absolute Gasteiger partial charge is 0.283 e. The lowest BCUT2D eigenvalue weighted by Crippen LogP contribution is -2.34. The van der Waals surface area contributed by atoms with Crippen LogP contribution in [0.5, 0.6) is 0 Å². The molecule has 0 aliphatic heterocycles. The number of halogens is 1. The normalized spacial score (nSPS) is 11.6. The van der Waals surface area contributed by atoms with Crippen LogP contribution in [0.3, 0.4) is 0 Å². The van der Waals surface area contributed by atoms with Gasteiger partial charge in [0.25, 0.3) is 5.69 Å². The van der Waals surface area contributed by atoms with E-state index >= 15 is 0 Å². The highest BCUT2D eigenvalue weighted by Crippen LogP contribution is 2.29. The topological polar surface area (TPSA) is 49.6 Å². The van der Waals surface area contributed by atoms with Gasteiger partial charge in [0.2, 0.25) is 0 Å². The Balaban J connectivity index is 2.87. The second-order valence-corrected chi connectivity index (χ2v) is 6.73. The largest absolute Gasteiger partial charge is 0.308 e. The summed E-state index contributed by atoms with van der Waals surface area (Å²) in [6.07, 6.45) is 0. The number of rotatable bonds is 8. The van der Waals surface area contributed by atoms with Gasteiger partial charge in [-0.2, -0.15) is 0 Å². The van der Waals surface area contributed by atoms with Gasteiger partial charge < -0.3 is 4.90 Å². The van der Waals surface area contributed by atoms with Gasteiger partial charge in [0, 0.05) is 32.2 Å². The first-order valence-electron chi connectivity index (χ1n) is 7.10. The van der Waals surface area contributed by atoms with Crippen LogP contribution in [0.1, 0.15) is 19.4 Å². The monoisotopic (exact) mass is 357 g/mol. The Hall–Kier alpha value is -0.980. The highest BCUT2D eigenvalue weighted by Gasteiger charge is 2.17. The number of benzene rings is 1. The summed E-state index contributed by atoms with van der Waals surface area (Å²) in [6.45, 7) is 7.98. The number of likely N-dealkylation sites (N-methyl/N-ethyl adjacent to an activating group) is 1. The van der Waals surface area contributed by atoms with Crippen LogP contribution < -0.4 is 0 Å². The first kappa shape index (κ1) is 18.1. The summed E-state index contributed by atoms with van der Waals surface area (Å²) in [7, 11) is 4.10. The lowest BCUT2D eigenvalue weighted by molar-refractivity contribution is -0.385. The number of nitro groups is 1. The standard InChI is InChI=1S/C15H24BrN3O2/c1-12(2)10-18(9-8-17(3)4)11-13-6-5-7-14(15(13)16)19(20)21/h5-7,12H,8-11H2,1-4H3. The fraction of sp³-hybridized carbons (Fsp3) is 0.600. The second-order valence-electron chi connectivity index (χ2n) is 5.94. The molecule has 0 aromatic heterocycles. The van der Waals surface area contributed by atoms with Crippen molar-refractivity contribution in [2.75, 3.05) is 33.7 Å². The molecule has 0 bridgehead atoms. The van der Waals surface area contributed by atoms with Gasteiger partial charge in [-0.1, -0.05) is 26.0 Å². The van der Waals surface area contributed by atoms with Crippen molar-refractivity contribution in [3.05, 3.63) is 38.3 Å². The molecule has 0 spiro atoms. The van der Waals surface area contributed by atoms with Crippen LogP contribution >= 0.6 is 15.9 Å². The fourth-order valence-corrected chi connectivity index (χ4v) is 2.70. The molecule has 6 heteroatoms. The van der Waals surface area contributed by atoms with Gasteiger partial charge >= 0.3 is 0 Å². The third kappa shape index (κ3) is 6.11. The summed E-state index contributed by atoms with van der Waals surface area (Å²) in [4.78, 5) is 15.2. The minimum Gasteiger partial charge on any atom is -0.308 e. The maximum Gasteiger partial charge on any atom is 0.283 e. The van der Waals surface area contributed by atoms with Crippen LogP contribution in [-0.2, 0) is 6.54 Å². The van der Waals surface area contributed by atoms with Crippen molar-refractivity contribution < 1.29 is 4.92 Å². The highest BCUT2D eigenvalue weighted by molar-refractivity contribution is 9.10. The first-order valence-corrected chi connectivity index (χ1v) is 7.89. The van der Waals surface area contributed by atoms with Crippen molar-refractivity contribution in [1.29, 1.82) is 0 Å². The number of nitrogens with zero attached hydrogens (tertiary/aromatic N) is 3. The third-order valence-electron chi connectivity index (χ3n) is 3.14. The van der Waals surface area contributed by atoms with Gasteiger partial charge in [0.15, 0.2) is 0 Å². The summed E-state index contributed by atoms with van der Waals surface area (Å²) in [5.41, 5.74) is 1.09. The van der Waals surface area contributed by atoms with Crippen molar-refractivity contribution in [1.82, 2.24) is 9.80 Å². The molecule has 0 heterocycles. The molecule has 1 rings (SSSR count). The molecule has 0 fully saturated rings. The molecule has 0 saturated heterocycles. The molecule has 0 atom stereocenters. The lowest BCUT2D eigenvalue weighted by Gasteiger charge is -2.26. The van der Waals surface area contributed by atoms with Gasteiger partial charge in [-0.15, -0.1) is 0 Å². The van der Waals surface area contributed by atoms with E-state index in [-0.39, 0.29) is 10.6 Å². The molecule has 1 aromatic rings. The summed E-state index contributed by atoms with van der Waals surface area (Å²) < 4.78 is 0.591. The summed E-state index contributed by atoms with van der Waals surface area (Å²) in [5.74, 6) is 0.560. The predicted molar refractivity (Wildman–Crippen MR) is 89.5 cm³/mol. The summed E-state index contributed by atoms with van der Waals surface area (Å²) in [5, 5.41) is 11.0. The Bertz CT molecular complexity index is 478. The average Bonchev–Trinajstić information content (AvgIpc) is 2.37. The second kappa shape index (κ2) is 8.46. The van der Waals surface area contributed by atoms with Crippen LogP contribution in [-0.4, -0.2) is 48.5 Å². The lowest BCUT2D eigenvalue weighted by atomic mass is 10.1. The van der Waals surface area contributed by atoms with Crippen molar-refractivity contribution in [2.45, 2.75) is 20.4 Å². The maximum atomic E-state index is 11.0. The van der Waals surface area contributed by atoms with Crippen molar-refractivity contribution >= 4 is 21.6 Å². The molecule has 118 valence electrons. The zero-order valence-electron chi connectivity index (χ0n) is 13.2. The molecule has 21 heavy (non-hydrogen) atoms. The van der Waals surface area contributed by atoms with E-state index < -0.39 is 0 Å². The fourth-order valence-electron chi connectivity index (χ4n) is 2.16. The van der Waals surface area contributed by atoms with E-state index in [0.717, 1.165) is 25.2 Å². The molecular formula is C15H24BrN3O2. The zero-order chi connectivity index (χ0) is 16.0. The summed E-state index contributed by atoms with van der Waals surface area (Å²) >= 11 is 3.38. The van der Waals surface area contributed by atoms with Crippen LogP contribution in [0.15, 0.2) is 22.7 Å². The van der Waals surface area contributed by atoms with Crippen molar-refractivity contribution in [3.8, 4) is 0 Å². The molecule has 0 saturated carbocycles. The van der Waals surface area contributed by atoms with Gasteiger partial charge in [0.1, 0.15) is 0 Å². The van der Waals surface area contributed by atoms with Crippen LogP contribution in [0.4, 0.5) is 5.69 Å². The number of nitro benzene ring substituents is 1. The molecule has 5 nitrogen and oxygen atoms in total. The van der Waals surface area contributed by atoms with E-state index in [0.29, 0.717) is 16.9 Å². The van der Waals surface area contributed by atoms with Crippen molar-refractivity contribution in [2.24, 2.45) is 5.92 Å². The Labute approximate surface area is 135 Å². The van der Waals surface area contributed by atoms with E-state index in [1.54, 1.807) is 6.07 Å². The molecule has 0 aliphatic carbocycles. The van der Waals surface area contributed by atoms with E-state index in [1.807, 2.05) is 6.07 Å². The van der Waals surface area contributed by atoms with E-state index in [4.69, 9.17) is 0 Å².